The van der Waals surface area contributed by atoms with Crippen molar-refractivity contribution in [2.45, 2.75) is 13.5 Å². The fourth-order valence-electron chi connectivity index (χ4n) is 2.81. The molecule has 4 N–H and O–H groups in total. The maximum Gasteiger partial charge on any atom is 0.411 e. The van der Waals surface area contributed by atoms with Crippen LogP contribution in [0.5, 0.6) is 5.75 Å². The molecule has 0 aliphatic carbocycles. The summed E-state index contributed by atoms with van der Waals surface area (Å²) in [5, 5.41) is 7.99. The topological polar surface area (TPSA) is 98.5 Å². The van der Waals surface area contributed by atoms with Crippen molar-refractivity contribution in [2.24, 2.45) is 0 Å². The Hall–Kier alpha value is -3.48. The van der Waals surface area contributed by atoms with E-state index in [1.807, 2.05) is 30.3 Å². The van der Waals surface area contributed by atoms with Crippen LogP contribution in [0.4, 0.5) is 22.1 Å². The zero-order valence-electron chi connectivity index (χ0n) is 15.3. The number of nitrogens with one attached hydrogen (secondary N) is 2. The van der Waals surface area contributed by atoms with E-state index in [9.17, 15) is 4.79 Å². The number of carbonyl (C=O) groups excluding carboxylic acids is 1. The molecule has 0 spiro atoms. The number of hydrogen-bond donors (Lipinski definition) is 3. The van der Waals surface area contributed by atoms with Gasteiger partial charge in [0.1, 0.15) is 17.4 Å². The Labute approximate surface area is 157 Å². The molecule has 1 aromatic heterocycles. The zero-order valence-corrected chi connectivity index (χ0v) is 15.3. The van der Waals surface area contributed by atoms with Crippen LogP contribution in [0, 0.1) is 0 Å². The molecule has 0 saturated heterocycles. The quantitative estimate of drug-likeness (QED) is 0.610. The van der Waals surface area contributed by atoms with Crippen LogP contribution < -0.4 is 21.1 Å². The van der Waals surface area contributed by atoms with Gasteiger partial charge >= 0.3 is 6.09 Å². The molecule has 3 aromatic rings. The number of pyridine rings is 1. The highest BCUT2D eigenvalue weighted by atomic mass is 16.5. The molecule has 27 heavy (non-hydrogen) atoms. The van der Waals surface area contributed by atoms with Crippen LogP contribution in [0.2, 0.25) is 0 Å². The first-order valence-corrected chi connectivity index (χ1v) is 8.61. The van der Waals surface area contributed by atoms with Crippen molar-refractivity contribution in [3.05, 3.63) is 54.1 Å². The minimum absolute atomic E-state index is 0.215. The Bertz CT molecular complexity index is 959. The van der Waals surface area contributed by atoms with Crippen molar-refractivity contribution < 1.29 is 14.3 Å². The molecule has 1 amide bonds. The summed E-state index contributed by atoms with van der Waals surface area (Å²) in [6, 6.07) is 15.5. The summed E-state index contributed by atoms with van der Waals surface area (Å²) >= 11 is 0. The number of carbonyl (C=O) groups is 1. The molecule has 1 heterocycles. The van der Waals surface area contributed by atoms with Crippen molar-refractivity contribution in [1.82, 2.24) is 4.98 Å². The minimum atomic E-state index is -0.559. The number of ether oxygens (including phenoxy) is 2. The maximum atomic E-state index is 11.5. The number of nitrogen functional groups attached to an aromatic ring is 1. The average molecular weight is 366 g/mol. The predicted molar refractivity (Wildman–Crippen MR) is 107 cm³/mol. The molecule has 0 atom stereocenters. The highest BCUT2D eigenvalue weighted by molar-refractivity contribution is 5.91. The number of nitrogens with zero attached hydrogens (tertiary/aromatic N) is 1. The van der Waals surface area contributed by atoms with Gasteiger partial charge in [-0.25, -0.2) is 9.78 Å². The van der Waals surface area contributed by atoms with Crippen LogP contribution in [0.1, 0.15) is 12.5 Å². The lowest BCUT2D eigenvalue weighted by molar-refractivity contribution is 0.168. The van der Waals surface area contributed by atoms with Gasteiger partial charge in [-0.05, 0) is 36.1 Å². The lowest BCUT2D eigenvalue weighted by Crippen LogP contribution is -2.15. The summed E-state index contributed by atoms with van der Waals surface area (Å²) in [6.45, 7) is 2.59. The summed E-state index contributed by atoms with van der Waals surface area (Å²) in [4.78, 5) is 15.8. The lowest BCUT2D eigenvalue weighted by atomic mass is 10.0. The second-order valence-corrected chi connectivity index (χ2v) is 5.80. The summed E-state index contributed by atoms with van der Waals surface area (Å²) in [5.74, 6) is 1.67. The maximum absolute atomic E-state index is 11.5. The predicted octanol–water partition coefficient (Wildman–Crippen LogP) is 4.01. The Morgan fingerprint density at radius 2 is 1.89 bits per heavy atom. The summed E-state index contributed by atoms with van der Waals surface area (Å²) < 4.78 is 10.3. The first kappa shape index (κ1) is 18.3. The van der Waals surface area contributed by atoms with Gasteiger partial charge in [-0.3, -0.25) is 5.32 Å². The van der Waals surface area contributed by atoms with E-state index < -0.39 is 6.09 Å². The third-order valence-corrected chi connectivity index (χ3v) is 4.09. The Balaban J connectivity index is 1.75. The number of amides is 1. The summed E-state index contributed by atoms with van der Waals surface area (Å²) in [5.41, 5.74) is 7.45. The van der Waals surface area contributed by atoms with Crippen molar-refractivity contribution in [1.29, 1.82) is 0 Å². The normalized spacial score (nSPS) is 10.4. The van der Waals surface area contributed by atoms with E-state index in [-0.39, 0.29) is 12.4 Å². The molecule has 3 rings (SSSR count). The van der Waals surface area contributed by atoms with Gasteiger partial charge in [0.05, 0.1) is 19.4 Å². The van der Waals surface area contributed by atoms with E-state index in [2.05, 4.69) is 21.7 Å². The molecule has 140 valence electrons. The van der Waals surface area contributed by atoms with Gasteiger partial charge in [0.15, 0.2) is 0 Å². The van der Waals surface area contributed by atoms with Crippen molar-refractivity contribution in [3.8, 4) is 5.75 Å². The number of benzene rings is 2. The molecule has 7 heteroatoms. The summed E-state index contributed by atoms with van der Waals surface area (Å²) in [6.07, 6.45) is -0.559. The van der Waals surface area contributed by atoms with Crippen molar-refractivity contribution in [2.75, 3.05) is 30.1 Å². The molecule has 0 radical (unpaired) electrons. The molecule has 0 fully saturated rings. The standard InChI is InChI=1S/C20H22N4O3/c1-3-27-20(25)23-16-9-11-18(24-19(16)21)22-12-13-8-10-17(26-2)15-7-5-4-6-14(13)15/h4-11H,3,12H2,1-2H3,(H,23,25)(H3,21,22,24). The van der Waals surface area contributed by atoms with Gasteiger partial charge in [-0.2, -0.15) is 0 Å². The van der Waals surface area contributed by atoms with E-state index in [0.717, 1.165) is 22.1 Å². The Morgan fingerprint density at radius 1 is 1.11 bits per heavy atom. The molecule has 0 unspecified atom stereocenters. The molecule has 0 bridgehead atoms. The fourth-order valence-corrected chi connectivity index (χ4v) is 2.81. The van der Waals surface area contributed by atoms with E-state index in [4.69, 9.17) is 15.2 Å². The van der Waals surface area contributed by atoms with E-state index in [1.54, 1.807) is 26.2 Å². The van der Waals surface area contributed by atoms with Crippen LogP contribution in [0.25, 0.3) is 10.8 Å². The van der Waals surface area contributed by atoms with Crippen LogP contribution in [-0.4, -0.2) is 24.8 Å². The van der Waals surface area contributed by atoms with Gasteiger partial charge in [0, 0.05) is 11.9 Å². The SMILES string of the molecule is CCOC(=O)Nc1ccc(NCc2ccc(OC)c3ccccc23)nc1N. The van der Waals surface area contributed by atoms with E-state index in [0.29, 0.717) is 18.1 Å². The molecule has 7 nitrogen and oxygen atoms in total. The molecule has 2 aromatic carbocycles. The fraction of sp³-hybridized carbons (Fsp3) is 0.200. The first-order valence-electron chi connectivity index (χ1n) is 8.61. The van der Waals surface area contributed by atoms with Crippen LogP contribution >= 0.6 is 0 Å². The number of hydrogen-bond acceptors (Lipinski definition) is 6. The molecule has 0 aliphatic rings. The van der Waals surface area contributed by atoms with Gasteiger partial charge in [0.25, 0.3) is 0 Å². The molecule has 0 saturated carbocycles. The number of nitrogens with two attached hydrogens (primary N) is 1. The molecular formula is C20H22N4O3. The average Bonchev–Trinajstić information content (AvgIpc) is 2.68. The van der Waals surface area contributed by atoms with Crippen molar-refractivity contribution in [3.63, 3.8) is 0 Å². The molecular weight excluding hydrogens is 344 g/mol. The third-order valence-electron chi connectivity index (χ3n) is 4.09. The number of methoxy groups -OCH3 is 1. The monoisotopic (exact) mass is 366 g/mol. The first-order chi connectivity index (χ1) is 13.1. The van der Waals surface area contributed by atoms with E-state index >= 15 is 0 Å². The highest BCUT2D eigenvalue weighted by Gasteiger charge is 2.09. The lowest BCUT2D eigenvalue weighted by Gasteiger charge is -2.13. The van der Waals surface area contributed by atoms with Crippen LogP contribution in [0.15, 0.2) is 48.5 Å². The van der Waals surface area contributed by atoms with Crippen molar-refractivity contribution >= 4 is 34.2 Å². The molecule has 0 aliphatic heterocycles. The largest absolute Gasteiger partial charge is 0.496 e. The number of anilines is 3. The Morgan fingerprint density at radius 3 is 2.59 bits per heavy atom. The van der Waals surface area contributed by atoms with E-state index in [1.165, 1.54) is 0 Å². The minimum Gasteiger partial charge on any atom is -0.496 e. The second kappa shape index (κ2) is 8.27. The number of rotatable bonds is 6. The third kappa shape index (κ3) is 4.20. The smallest absolute Gasteiger partial charge is 0.411 e. The second-order valence-electron chi connectivity index (χ2n) is 5.80. The van der Waals surface area contributed by atoms with Crippen LogP contribution in [-0.2, 0) is 11.3 Å². The van der Waals surface area contributed by atoms with Gasteiger partial charge in [0.2, 0.25) is 0 Å². The van der Waals surface area contributed by atoms with Gasteiger partial charge in [-0.15, -0.1) is 0 Å². The Kier molecular flexibility index (Phi) is 5.61. The summed E-state index contributed by atoms with van der Waals surface area (Å²) in [7, 11) is 1.66. The highest BCUT2D eigenvalue weighted by Crippen LogP contribution is 2.29. The number of aromatic nitrogens is 1. The van der Waals surface area contributed by atoms with Crippen LogP contribution in [0.3, 0.4) is 0 Å². The zero-order chi connectivity index (χ0) is 19.2. The van der Waals surface area contributed by atoms with Gasteiger partial charge in [-0.1, -0.05) is 30.3 Å². The van der Waals surface area contributed by atoms with Gasteiger partial charge < -0.3 is 20.5 Å². The number of fused-ring (bicyclic) bond motifs is 1.